The van der Waals surface area contributed by atoms with Gasteiger partial charge in [-0.05, 0) is 81.7 Å². The molecule has 6 heteroatoms. The molecule has 5 aromatic rings. The molecule has 162 valence electrons. The van der Waals surface area contributed by atoms with Crippen molar-refractivity contribution in [2.24, 2.45) is 4.99 Å². The van der Waals surface area contributed by atoms with Crippen LogP contribution in [0.5, 0.6) is 0 Å². The van der Waals surface area contributed by atoms with Crippen molar-refractivity contribution >= 4 is 79.4 Å². The second-order valence-electron chi connectivity index (χ2n) is 7.40. The first-order valence-electron chi connectivity index (χ1n) is 10.3. The van der Waals surface area contributed by atoms with Gasteiger partial charge in [0.1, 0.15) is 0 Å². The fraction of sp³-hybridized carbons (Fsp3) is 0.0370. The summed E-state index contributed by atoms with van der Waals surface area (Å²) in [5.41, 5.74) is 5.46. The minimum absolute atomic E-state index is 0.141. The summed E-state index contributed by atoms with van der Waals surface area (Å²) in [4.78, 5) is 9.55. The van der Waals surface area contributed by atoms with Crippen molar-refractivity contribution in [3.8, 4) is 0 Å². The van der Waals surface area contributed by atoms with Crippen LogP contribution in [0.3, 0.4) is 0 Å². The third-order valence-electron chi connectivity index (χ3n) is 5.08. The number of hydrogen-bond donors (Lipinski definition) is 0. The van der Waals surface area contributed by atoms with Crippen LogP contribution >= 0.6 is 57.3 Å². The van der Waals surface area contributed by atoms with Crippen LogP contribution in [0, 0.1) is 3.57 Å². The van der Waals surface area contributed by atoms with Gasteiger partial charge < -0.3 is 0 Å². The van der Waals surface area contributed by atoms with Crippen LogP contribution in [0.2, 0.25) is 5.02 Å². The second kappa shape index (κ2) is 10.4. The van der Waals surface area contributed by atoms with E-state index in [-0.39, 0.29) is 5.25 Å². The Balaban J connectivity index is 1.42. The van der Waals surface area contributed by atoms with E-state index < -0.39 is 0 Å². The molecule has 0 spiro atoms. The van der Waals surface area contributed by atoms with Crippen LogP contribution in [-0.4, -0.2) is 11.2 Å². The van der Waals surface area contributed by atoms with Crippen molar-refractivity contribution < 1.29 is 0 Å². The first-order valence-corrected chi connectivity index (χ1v) is 13.5. The van der Waals surface area contributed by atoms with Gasteiger partial charge in [-0.1, -0.05) is 78.0 Å². The minimum atomic E-state index is 0.141. The molecular weight excluding hydrogens is 579 g/mol. The molecule has 5 rings (SSSR count). The van der Waals surface area contributed by atoms with Crippen molar-refractivity contribution in [1.29, 1.82) is 0 Å². The molecule has 1 heterocycles. The first kappa shape index (κ1) is 22.6. The molecule has 4 aromatic carbocycles. The lowest BCUT2D eigenvalue weighted by Gasteiger charge is -2.16. The summed E-state index contributed by atoms with van der Waals surface area (Å²) in [5.74, 6) is 0. The molecule has 0 saturated heterocycles. The molecule has 0 amide bonds. The van der Waals surface area contributed by atoms with E-state index in [0.29, 0.717) is 0 Å². The highest BCUT2D eigenvalue weighted by Gasteiger charge is 2.18. The van der Waals surface area contributed by atoms with Crippen LogP contribution < -0.4 is 0 Å². The molecule has 0 bridgehead atoms. The summed E-state index contributed by atoms with van der Waals surface area (Å²) in [6.07, 6.45) is 1.90. The molecule has 0 saturated carbocycles. The van der Waals surface area contributed by atoms with E-state index in [4.69, 9.17) is 16.6 Å². The number of aromatic nitrogens is 1. The molecule has 0 aliphatic rings. The predicted molar refractivity (Wildman–Crippen MR) is 152 cm³/mol. The normalized spacial score (nSPS) is 12.4. The quantitative estimate of drug-likeness (QED) is 0.111. The number of aliphatic imine (C=N–C) groups is 1. The number of fused-ring (bicyclic) bond motifs is 1. The lowest BCUT2D eigenvalue weighted by molar-refractivity contribution is 1.14. The topological polar surface area (TPSA) is 25.2 Å². The van der Waals surface area contributed by atoms with E-state index in [1.807, 2.05) is 30.5 Å². The van der Waals surface area contributed by atoms with Gasteiger partial charge in [-0.25, -0.2) is 4.98 Å². The van der Waals surface area contributed by atoms with Gasteiger partial charge in [-0.15, -0.1) is 11.3 Å². The molecule has 0 radical (unpaired) electrons. The number of hydrogen-bond acceptors (Lipinski definition) is 4. The monoisotopic (exact) mass is 596 g/mol. The highest BCUT2D eigenvalue weighted by atomic mass is 127. The summed E-state index contributed by atoms with van der Waals surface area (Å²) in [7, 11) is 0. The number of rotatable bonds is 6. The molecule has 0 N–H and O–H groups in total. The fourth-order valence-electron chi connectivity index (χ4n) is 3.42. The maximum Gasteiger partial charge on any atom is 0.152 e. The van der Waals surface area contributed by atoms with Crippen LogP contribution in [-0.2, 0) is 0 Å². The van der Waals surface area contributed by atoms with Gasteiger partial charge in [0.2, 0.25) is 0 Å². The smallest absolute Gasteiger partial charge is 0.152 e. The molecule has 0 aliphatic heterocycles. The van der Waals surface area contributed by atoms with Gasteiger partial charge >= 0.3 is 0 Å². The molecule has 1 atom stereocenters. The Morgan fingerprint density at radius 3 is 2.36 bits per heavy atom. The average Bonchev–Trinajstić information content (AvgIpc) is 3.25. The van der Waals surface area contributed by atoms with E-state index >= 15 is 0 Å². The Kier molecular flexibility index (Phi) is 7.11. The van der Waals surface area contributed by atoms with Gasteiger partial charge in [0.05, 0.1) is 21.2 Å². The Morgan fingerprint density at radius 2 is 1.61 bits per heavy atom. The largest absolute Gasteiger partial charge is 0.256 e. The van der Waals surface area contributed by atoms with Crippen LogP contribution in [0.1, 0.15) is 21.9 Å². The minimum Gasteiger partial charge on any atom is -0.256 e. The zero-order valence-electron chi connectivity index (χ0n) is 17.4. The summed E-state index contributed by atoms with van der Waals surface area (Å²) in [6.45, 7) is 0. The van der Waals surface area contributed by atoms with Crippen molar-refractivity contribution in [1.82, 2.24) is 4.98 Å². The van der Waals surface area contributed by atoms with Crippen molar-refractivity contribution in [3.63, 3.8) is 0 Å². The fourth-order valence-corrected chi connectivity index (χ4v) is 6.32. The standard InChI is InChI=1S/C27H18ClIN2S2/c28-21-10-8-20(9-11-21)26(19-4-2-1-3-5-19)33-27-31-24-15-14-23(16-25(24)32-27)30-17-18-6-12-22(29)13-7-18/h1-17,26H/t26-/m0/s1. The van der Waals surface area contributed by atoms with Crippen LogP contribution in [0.15, 0.2) is 106 Å². The third kappa shape index (κ3) is 5.66. The summed E-state index contributed by atoms with van der Waals surface area (Å²) in [5, 5.41) is 0.885. The Bertz CT molecular complexity index is 1400. The third-order valence-corrected chi connectivity index (χ3v) is 8.47. The van der Waals surface area contributed by atoms with E-state index in [9.17, 15) is 0 Å². The lowest BCUT2D eigenvalue weighted by atomic mass is 10.0. The molecule has 0 fully saturated rings. The maximum absolute atomic E-state index is 6.13. The van der Waals surface area contributed by atoms with Gasteiger partial charge in [0.15, 0.2) is 4.34 Å². The molecule has 0 unspecified atom stereocenters. The SMILES string of the molecule is Clc1ccc([C@@H](Sc2nc3ccc(N=Cc4ccc(I)cc4)cc3s2)c2ccccc2)cc1. The van der Waals surface area contributed by atoms with E-state index in [2.05, 4.69) is 100 Å². The van der Waals surface area contributed by atoms with E-state index in [1.165, 1.54) is 14.7 Å². The lowest BCUT2D eigenvalue weighted by Crippen LogP contribution is -1.96. The van der Waals surface area contributed by atoms with Gasteiger partial charge in [-0.2, -0.15) is 0 Å². The Labute approximate surface area is 219 Å². The highest BCUT2D eigenvalue weighted by Crippen LogP contribution is 2.43. The van der Waals surface area contributed by atoms with Crippen LogP contribution in [0.25, 0.3) is 10.2 Å². The number of thioether (sulfide) groups is 1. The van der Waals surface area contributed by atoms with Gasteiger partial charge in [-0.3, -0.25) is 4.99 Å². The van der Waals surface area contributed by atoms with Gasteiger partial charge in [0.25, 0.3) is 0 Å². The highest BCUT2D eigenvalue weighted by molar-refractivity contribution is 14.1. The Morgan fingerprint density at radius 1 is 0.879 bits per heavy atom. The number of thiazole rings is 1. The summed E-state index contributed by atoms with van der Waals surface area (Å²) >= 11 is 11.9. The Hall–Kier alpha value is -2.19. The van der Waals surface area contributed by atoms with E-state index in [1.54, 1.807) is 23.1 Å². The maximum atomic E-state index is 6.13. The van der Waals surface area contributed by atoms with Crippen molar-refractivity contribution in [2.75, 3.05) is 0 Å². The molecule has 1 aromatic heterocycles. The first-order chi connectivity index (χ1) is 16.1. The molecule has 0 aliphatic carbocycles. The number of halogens is 2. The summed E-state index contributed by atoms with van der Waals surface area (Å²) in [6, 6.07) is 33.1. The van der Waals surface area contributed by atoms with E-state index in [0.717, 1.165) is 30.8 Å². The zero-order chi connectivity index (χ0) is 22.6. The van der Waals surface area contributed by atoms with Crippen molar-refractivity contribution in [2.45, 2.75) is 9.59 Å². The molecule has 2 nitrogen and oxygen atoms in total. The van der Waals surface area contributed by atoms with Crippen LogP contribution in [0.4, 0.5) is 5.69 Å². The summed E-state index contributed by atoms with van der Waals surface area (Å²) < 4.78 is 3.39. The van der Waals surface area contributed by atoms with Gasteiger partial charge in [0, 0.05) is 14.8 Å². The second-order valence-corrected chi connectivity index (χ2v) is 11.5. The molecule has 33 heavy (non-hydrogen) atoms. The number of nitrogens with zero attached hydrogens (tertiary/aromatic N) is 2. The number of benzene rings is 4. The average molecular weight is 597 g/mol. The molecular formula is C27H18ClIN2S2. The zero-order valence-corrected chi connectivity index (χ0v) is 21.9. The van der Waals surface area contributed by atoms with Crippen molar-refractivity contribution in [3.05, 3.63) is 122 Å². The predicted octanol–water partition coefficient (Wildman–Crippen LogP) is 9.19.